The Hall–Kier alpha value is -3.06. The smallest absolute Gasteiger partial charge is 0.198 e. The van der Waals surface area contributed by atoms with Crippen LogP contribution in [0.15, 0.2) is 30.6 Å². The third-order valence-corrected chi connectivity index (χ3v) is 8.12. The van der Waals surface area contributed by atoms with Gasteiger partial charge >= 0.3 is 0 Å². The van der Waals surface area contributed by atoms with Crippen molar-refractivity contribution >= 4 is 37.9 Å². The molecule has 1 aromatic carbocycles. The highest BCUT2D eigenvalue weighted by atomic mass is 32.2. The van der Waals surface area contributed by atoms with Crippen molar-refractivity contribution in [2.45, 2.75) is 6.54 Å². The maximum atomic E-state index is 12.3. The number of nitrogens with zero attached hydrogens (tertiary/aromatic N) is 8. The second kappa shape index (κ2) is 8.86. The van der Waals surface area contributed by atoms with E-state index < -0.39 is 9.71 Å². The monoisotopic (exact) mass is 495 g/mol. The number of hydrogen-bond donors (Lipinski definition) is 1. The van der Waals surface area contributed by atoms with Crippen LogP contribution in [0.4, 0.5) is 5.82 Å². The summed E-state index contributed by atoms with van der Waals surface area (Å²) in [5, 5.41) is 13.1. The zero-order valence-electron chi connectivity index (χ0n) is 19.8. The van der Waals surface area contributed by atoms with Crippen LogP contribution in [0, 0.1) is 0 Å². The largest absolute Gasteiger partial charge is 0.378 e. The number of aromatic amines is 1. The second-order valence-electron chi connectivity index (χ2n) is 9.15. The molecule has 3 aromatic heterocycles. The van der Waals surface area contributed by atoms with E-state index in [1.807, 2.05) is 33.3 Å². The van der Waals surface area contributed by atoms with Gasteiger partial charge in [0.05, 0.1) is 43.4 Å². The summed E-state index contributed by atoms with van der Waals surface area (Å²) >= 11 is 0. The quantitative estimate of drug-likeness (QED) is 0.407. The Kier molecular flexibility index (Phi) is 5.67. The summed E-state index contributed by atoms with van der Waals surface area (Å²) in [6, 6.07) is 6.07. The van der Waals surface area contributed by atoms with Crippen LogP contribution >= 0.6 is 0 Å². The van der Waals surface area contributed by atoms with E-state index >= 15 is 0 Å². The predicted octanol–water partition coefficient (Wildman–Crippen LogP) is 0.883. The van der Waals surface area contributed by atoms with Gasteiger partial charge in [-0.3, -0.25) is 14.2 Å². The number of nitrogens with one attached hydrogen (secondary N) is 1. The number of fused-ring (bicyclic) bond motifs is 2. The van der Waals surface area contributed by atoms with E-state index in [4.69, 9.17) is 19.8 Å². The maximum Gasteiger partial charge on any atom is 0.198 e. The van der Waals surface area contributed by atoms with Gasteiger partial charge in [0.25, 0.3) is 0 Å². The zero-order chi connectivity index (χ0) is 24.0. The Bertz CT molecular complexity index is 1460. The van der Waals surface area contributed by atoms with Gasteiger partial charge < -0.3 is 9.64 Å². The predicted molar refractivity (Wildman–Crippen MR) is 137 cm³/mol. The number of ether oxygens (including phenoxy) is 1. The molecule has 11 nitrogen and oxygen atoms in total. The molecule has 0 bridgehead atoms. The Labute approximate surface area is 203 Å². The van der Waals surface area contributed by atoms with Gasteiger partial charge in [-0.2, -0.15) is 5.10 Å². The van der Waals surface area contributed by atoms with Crippen LogP contribution in [-0.2, 0) is 21.0 Å². The van der Waals surface area contributed by atoms with E-state index in [1.54, 1.807) is 6.26 Å². The molecular formula is C23H29N9O2S. The molecule has 2 fully saturated rings. The van der Waals surface area contributed by atoms with E-state index in [1.165, 1.54) is 0 Å². The minimum atomic E-state index is -2.16. The lowest BCUT2D eigenvalue weighted by molar-refractivity contribution is 0.122. The van der Waals surface area contributed by atoms with E-state index in [0.29, 0.717) is 19.8 Å². The lowest BCUT2D eigenvalue weighted by Crippen LogP contribution is -2.47. The Morgan fingerprint density at radius 3 is 2.69 bits per heavy atom. The highest BCUT2D eigenvalue weighted by Crippen LogP contribution is 2.29. The molecule has 35 heavy (non-hydrogen) atoms. The molecule has 6 rings (SSSR count). The number of H-pyrrole nitrogens is 1. The zero-order valence-corrected chi connectivity index (χ0v) is 20.6. The SMILES string of the molecule is C=S(C)(=O)N1CCN(Cc2nc3c(N4CCOCC4)nc(-c4cccc5[nH]ncc45)cn3n2)CC1. The van der Waals surface area contributed by atoms with Crippen molar-refractivity contribution in [2.75, 3.05) is 63.6 Å². The lowest BCUT2D eigenvalue weighted by atomic mass is 10.1. The lowest BCUT2D eigenvalue weighted by Gasteiger charge is -2.34. The summed E-state index contributed by atoms with van der Waals surface area (Å²) in [4.78, 5) is 14.5. The van der Waals surface area contributed by atoms with Crippen molar-refractivity contribution < 1.29 is 8.95 Å². The molecule has 1 atom stereocenters. The van der Waals surface area contributed by atoms with Crippen LogP contribution in [-0.4, -0.2) is 108 Å². The molecule has 2 aliphatic rings. The van der Waals surface area contributed by atoms with Crippen molar-refractivity contribution in [3.63, 3.8) is 0 Å². The average Bonchev–Trinajstić information content (AvgIpc) is 3.50. The average molecular weight is 496 g/mol. The van der Waals surface area contributed by atoms with Crippen molar-refractivity contribution in [3.8, 4) is 11.3 Å². The van der Waals surface area contributed by atoms with Crippen molar-refractivity contribution in [3.05, 3.63) is 36.4 Å². The number of benzene rings is 1. The first-order valence-corrected chi connectivity index (χ1v) is 13.9. The van der Waals surface area contributed by atoms with Gasteiger partial charge in [0.1, 0.15) is 0 Å². The summed E-state index contributed by atoms with van der Waals surface area (Å²) in [6.45, 7) is 6.53. The Morgan fingerprint density at radius 2 is 1.91 bits per heavy atom. The van der Waals surface area contributed by atoms with Gasteiger partial charge in [-0.05, 0) is 11.9 Å². The molecule has 5 heterocycles. The van der Waals surface area contributed by atoms with E-state index in [-0.39, 0.29) is 0 Å². The summed E-state index contributed by atoms with van der Waals surface area (Å²) in [5.74, 6) is 5.38. The van der Waals surface area contributed by atoms with Gasteiger partial charge in [0, 0.05) is 66.2 Å². The first kappa shape index (κ1) is 22.4. The fourth-order valence-electron chi connectivity index (χ4n) is 4.77. The highest BCUT2D eigenvalue weighted by molar-refractivity contribution is 7.97. The first-order valence-electron chi connectivity index (χ1n) is 11.8. The van der Waals surface area contributed by atoms with Crippen LogP contribution in [0.5, 0.6) is 0 Å². The minimum absolute atomic E-state index is 0.632. The minimum Gasteiger partial charge on any atom is -0.378 e. The molecule has 1 unspecified atom stereocenters. The molecule has 2 saturated heterocycles. The van der Waals surface area contributed by atoms with Crippen molar-refractivity contribution in [1.82, 2.24) is 39.0 Å². The van der Waals surface area contributed by atoms with Gasteiger partial charge in [-0.1, -0.05) is 12.1 Å². The summed E-state index contributed by atoms with van der Waals surface area (Å²) in [6.07, 6.45) is 5.48. The Morgan fingerprint density at radius 1 is 1.11 bits per heavy atom. The van der Waals surface area contributed by atoms with E-state index in [9.17, 15) is 4.21 Å². The van der Waals surface area contributed by atoms with Crippen LogP contribution in [0.1, 0.15) is 5.82 Å². The molecule has 1 N–H and O–H groups in total. The van der Waals surface area contributed by atoms with E-state index in [2.05, 4.69) is 31.9 Å². The molecule has 0 spiro atoms. The normalized spacial score (nSPS) is 20.0. The summed E-state index contributed by atoms with van der Waals surface area (Å²) < 4.78 is 21.7. The molecular weight excluding hydrogens is 466 g/mol. The standard InChI is InChI=1S/C23H29N9O2S/c1-35(2,33)31-8-6-29(7-9-31)16-21-26-23-22(30-10-12-34-13-11-30)25-20(15-32(23)28-21)17-4-3-5-19-18(17)14-24-27-19/h3-5,14-15H,1,6-13,16H2,2H3,(H,24,27). The number of morpholine rings is 1. The maximum absolute atomic E-state index is 12.3. The third-order valence-electron chi connectivity index (χ3n) is 6.66. The fourth-order valence-corrected chi connectivity index (χ4v) is 5.70. The van der Waals surface area contributed by atoms with Crippen LogP contribution < -0.4 is 4.90 Å². The number of rotatable bonds is 5. The van der Waals surface area contributed by atoms with Crippen molar-refractivity contribution in [1.29, 1.82) is 0 Å². The topological polar surface area (TPSA) is 108 Å². The number of hydrogen-bond acceptors (Lipinski definition) is 8. The molecule has 12 heteroatoms. The third kappa shape index (κ3) is 4.38. The number of piperazine rings is 1. The number of aromatic nitrogens is 6. The van der Waals surface area contributed by atoms with Crippen molar-refractivity contribution in [2.24, 2.45) is 0 Å². The van der Waals surface area contributed by atoms with Crippen LogP contribution in [0.2, 0.25) is 0 Å². The van der Waals surface area contributed by atoms with Gasteiger partial charge in [0.2, 0.25) is 0 Å². The van der Waals surface area contributed by atoms with E-state index in [0.717, 1.165) is 78.7 Å². The molecule has 0 radical (unpaired) electrons. The van der Waals surface area contributed by atoms with Crippen LogP contribution in [0.25, 0.3) is 27.8 Å². The molecule has 4 aromatic rings. The van der Waals surface area contributed by atoms with Crippen LogP contribution in [0.3, 0.4) is 0 Å². The first-order chi connectivity index (χ1) is 17.0. The van der Waals surface area contributed by atoms with Gasteiger partial charge in [-0.15, -0.1) is 5.10 Å². The summed E-state index contributed by atoms with van der Waals surface area (Å²) in [5.41, 5.74) is 3.54. The summed E-state index contributed by atoms with van der Waals surface area (Å²) in [7, 11) is -2.16. The second-order valence-corrected chi connectivity index (χ2v) is 11.6. The molecule has 0 amide bonds. The number of anilines is 1. The highest BCUT2D eigenvalue weighted by Gasteiger charge is 2.24. The van der Waals surface area contributed by atoms with Gasteiger partial charge in [0.15, 0.2) is 17.3 Å². The fraction of sp³-hybridized carbons (Fsp3) is 0.435. The molecule has 2 aliphatic heterocycles. The van der Waals surface area contributed by atoms with Gasteiger partial charge in [-0.25, -0.2) is 18.8 Å². The molecule has 0 saturated carbocycles. The molecule has 0 aliphatic carbocycles. The molecule has 184 valence electrons. The Balaban J connectivity index is 1.36.